The number of carbonyl (C=O) groups excluding carboxylic acids is 2. The smallest absolute Gasteiger partial charge is 0.217 e. The second-order valence-electron chi connectivity index (χ2n) is 4.19. The summed E-state index contributed by atoms with van der Waals surface area (Å²) in [5, 5.41) is 33.4. The molecule has 1 fully saturated rings. The monoisotopic (exact) mass is 262 g/mol. The van der Waals surface area contributed by atoms with E-state index in [4.69, 9.17) is 9.84 Å². The molecular formula is C10H18N2O6. The first kappa shape index (κ1) is 14.8. The minimum Gasteiger partial charge on any atom is -0.394 e. The van der Waals surface area contributed by atoms with Crippen molar-refractivity contribution in [1.29, 1.82) is 0 Å². The molecule has 104 valence electrons. The topological polar surface area (TPSA) is 128 Å². The van der Waals surface area contributed by atoms with Gasteiger partial charge in [-0.05, 0) is 0 Å². The first-order valence-electron chi connectivity index (χ1n) is 5.53. The molecule has 8 nitrogen and oxygen atoms in total. The lowest BCUT2D eigenvalue weighted by Crippen LogP contribution is -2.68. The summed E-state index contributed by atoms with van der Waals surface area (Å²) in [4.78, 5) is 22.1. The van der Waals surface area contributed by atoms with Crippen LogP contribution in [-0.4, -0.2) is 64.3 Å². The Balaban J connectivity index is 2.89. The Kier molecular flexibility index (Phi) is 5.03. The highest BCUT2D eigenvalue weighted by atomic mass is 16.6. The molecule has 1 aliphatic heterocycles. The zero-order valence-electron chi connectivity index (χ0n) is 10.2. The molecular weight excluding hydrogens is 244 g/mol. The molecule has 0 saturated carbocycles. The molecule has 5 N–H and O–H groups in total. The van der Waals surface area contributed by atoms with E-state index in [1.807, 2.05) is 0 Å². The van der Waals surface area contributed by atoms with Crippen LogP contribution >= 0.6 is 0 Å². The molecule has 0 aromatic carbocycles. The van der Waals surface area contributed by atoms with Gasteiger partial charge >= 0.3 is 0 Å². The van der Waals surface area contributed by atoms with Crippen molar-refractivity contribution >= 4 is 11.8 Å². The van der Waals surface area contributed by atoms with Gasteiger partial charge in [-0.25, -0.2) is 0 Å². The van der Waals surface area contributed by atoms with Gasteiger partial charge in [0.15, 0.2) is 6.29 Å². The van der Waals surface area contributed by atoms with Gasteiger partial charge in [0.1, 0.15) is 18.2 Å². The van der Waals surface area contributed by atoms with E-state index >= 15 is 0 Å². The highest BCUT2D eigenvalue weighted by Crippen LogP contribution is 2.19. The average Bonchev–Trinajstić information content (AvgIpc) is 2.27. The number of nitrogens with one attached hydrogen (secondary N) is 2. The maximum absolute atomic E-state index is 11.1. The van der Waals surface area contributed by atoms with Gasteiger partial charge in [-0.1, -0.05) is 0 Å². The predicted molar refractivity (Wildman–Crippen MR) is 59.2 cm³/mol. The van der Waals surface area contributed by atoms with Gasteiger partial charge in [0.2, 0.25) is 11.8 Å². The summed E-state index contributed by atoms with van der Waals surface area (Å²) in [5.74, 6) is -0.868. The Morgan fingerprint density at radius 1 is 1.11 bits per heavy atom. The Morgan fingerprint density at radius 2 is 1.61 bits per heavy atom. The lowest BCUT2D eigenvalue weighted by atomic mass is 9.94. The van der Waals surface area contributed by atoms with E-state index in [1.165, 1.54) is 13.8 Å². The quantitative estimate of drug-likeness (QED) is 0.370. The summed E-state index contributed by atoms with van der Waals surface area (Å²) in [6.45, 7) is 1.97. The molecule has 1 aliphatic rings. The van der Waals surface area contributed by atoms with Crippen molar-refractivity contribution in [2.75, 3.05) is 6.61 Å². The molecule has 1 rings (SSSR count). The van der Waals surface area contributed by atoms with Crippen LogP contribution in [0.3, 0.4) is 0 Å². The summed E-state index contributed by atoms with van der Waals surface area (Å²) in [6.07, 6.45) is -3.69. The number of amides is 2. The molecule has 0 aliphatic carbocycles. The minimum atomic E-state index is -1.42. The Bertz CT molecular complexity index is 323. The van der Waals surface area contributed by atoms with Crippen LogP contribution in [0.4, 0.5) is 0 Å². The van der Waals surface area contributed by atoms with Crippen LogP contribution in [0.15, 0.2) is 0 Å². The van der Waals surface area contributed by atoms with Crippen molar-refractivity contribution < 1.29 is 29.6 Å². The van der Waals surface area contributed by atoms with Gasteiger partial charge in [-0.15, -0.1) is 0 Å². The number of carbonyl (C=O) groups is 2. The molecule has 8 heteroatoms. The SMILES string of the molecule is CC(=O)N[C@@H]1[C@H](O)[C@@H](CO)O[C@@H](O)[C@H]1NC(C)=O. The van der Waals surface area contributed by atoms with Crippen LogP contribution in [0.25, 0.3) is 0 Å². The van der Waals surface area contributed by atoms with Gasteiger partial charge in [-0.3, -0.25) is 9.59 Å². The van der Waals surface area contributed by atoms with E-state index in [0.29, 0.717) is 0 Å². The number of rotatable bonds is 3. The van der Waals surface area contributed by atoms with E-state index < -0.39 is 49.0 Å². The zero-order chi connectivity index (χ0) is 13.9. The van der Waals surface area contributed by atoms with Crippen molar-refractivity contribution in [2.24, 2.45) is 0 Å². The first-order chi connectivity index (χ1) is 8.36. The number of hydrogen-bond acceptors (Lipinski definition) is 6. The number of hydrogen-bond donors (Lipinski definition) is 5. The molecule has 0 aromatic heterocycles. The molecule has 2 amide bonds. The number of aliphatic hydroxyl groups is 3. The van der Waals surface area contributed by atoms with Crippen LogP contribution in [-0.2, 0) is 14.3 Å². The van der Waals surface area contributed by atoms with Crippen molar-refractivity contribution in [3.05, 3.63) is 0 Å². The van der Waals surface area contributed by atoms with Gasteiger partial charge in [0.25, 0.3) is 0 Å². The fourth-order valence-corrected chi connectivity index (χ4v) is 1.92. The summed E-state index contributed by atoms with van der Waals surface area (Å²) >= 11 is 0. The third-order valence-corrected chi connectivity index (χ3v) is 2.68. The van der Waals surface area contributed by atoms with Crippen LogP contribution < -0.4 is 10.6 Å². The molecule has 5 atom stereocenters. The van der Waals surface area contributed by atoms with Crippen LogP contribution in [0.5, 0.6) is 0 Å². The molecule has 0 radical (unpaired) electrons. The summed E-state index contributed by atoms with van der Waals surface area (Å²) in [7, 11) is 0. The van der Waals surface area contributed by atoms with E-state index in [0.717, 1.165) is 0 Å². The molecule has 0 spiro atoms. The van der Waals surface area contributed by atoms with Crippen LogP contribution in [0.2, 0.25) is 0 Å². The number of aliphatic hydroxyl groups excluding tert-OH is 3. The first-order valence-corrected chi connectivity index (χ1v) is 5.53. The van der Waals surface area contributed by atoms with Crippen molar-refractivity contribution in [3.63, 3.8) is 0 Å². The Labute approximate surface area is 104 Å². The third kappa shape index (κ3) is 3.39. The van der Waals surface area contributed by atoms with E-state index in [-0.39, 0.29) is 0 Å². The highest BCUT2D eigenvalue weighted by molar-refractivity contribution is 5.75. The summed E-state index contributed by atoms with van der Waals surface area (Å²) < 4.78 is 4.96. The maximum atomic E-state index is 11.1. The van der Waals surface area contributed by atoms with E-state index in [2.05, 4.69) is 10.6 Å². The van der Waals surface area contributed by atoms with E-state index in [1.54, 1.807) is 0 Å². The molecule has 0 unspecified atom stereocenters. The molecule has 0 aromatic rings. The Morgan fingerprint density at radius 3 is 2.06 bits per heavy atom. The van der Waals surface area contributed by atoms with Crippen molar-refractivity contribution in [3.8, 4) is 0 Å². The molecule has 0 bridgehead atoms. The standard InChI is InChI=1S/C10H18N2O6/c1-4(14)11-7-8(12-5(2)15)10(17)18-6(3-13)9(7)16/h6-10,13,16-17H,3H2,1-2H3,(H,11,14)(H,12,15)/t6-,7+,8+,9-,10-/m1/s1. The van der Waals surface area contributed by atoms with Crippen molar-refractivity contribution in [2.45, 2.75) is 44.4 Å². The lowest BCUT2D eigenvalue weighted by molar-refractivity contribution is -0.230. The van der Waals surface area contributed by atoms with Gasteiger partial charge in [0, 0.05) is 13.8 Å². The maximum Gasteiger partial charge on any atom is 0.217 e. The summed E-state index contributed by atoms with van der Waals surface area (Å²) in [5.41, 5.74) is 0. The average molecular weight is 262 g/mol. The van der Waals surface area contributed by atoms with Crippen LogP contribution in [0.1, 0.15) is 13.8 Å². The van der Waals surface area contributed by atoms with Gasteiger partial charge in [0.05, 0.1) is 12.6 Å². The molecule has 1 saturated heterocycles. The number of ether oxygens (including phenoxy) is 1. The van der Waals surface area contributed by atoms with Gasteiger partial charge < -0.3 is 30.7 Å². The van der Waals surface area contributed by atoms with Crippen LogP contribution in [0, 0.1) is 0 Å². The second-order valence-corrected chi connectivity index (χ2v) is 4.19. The fraction of sp³-hybridized carbons (Fsp3) is 0.800. The van der Waals surface area contributed by atoms with Gasteiger partial charge in [-0.2, -0.15) is 0 Å². The van der Waals surface area contributed by atoms with E-state index in [9.17, 15) is 19.8 Å². The second kappa shape index (κ2) is 6.10. The normalized spacial score (nSPS) is 35.9. The zero-order valence-corrected chi connectivity index (χ0v) is 10.2. The third-order valence-electron chi connectivity index (χ3n) is 2.68. The lowest BCUT2D eigenvalue weighted by Gasteiger charge is -2.42. The molecule has 1 heterocycles. The molecule has 18 heavy (non-hydrogen) atoms. The highest BCUT2D eigenvalue weighted by Gasteiger charge is 2.45. The van der Waals surface area contributed by atoms with Crippen molar-refractivity contribution in [1.82, 2.24) is 10.6 Å². The fourth-order valence-electron chi connectivity index (χ4n) is 1.92. The summed E-state index contributed by atoms with van der Waals surface area (Å²) in [6, 6.07) is -1.92. The largest absolute Gasteiger partial charge is 0.394 e. The minimum absolute atomic E-state index is 0.430. The Hall–Kier alpha value is -1.22. The predicted octanol–water partition coefficient (Wildman–Crippen LogP) is -2.93.